The van der Waals surface area contributed by atoms with Gasteiger partial charge in [0.25, 0.3) is 0 Å². The molecular weight excluding hydrogens is 138 g/mol. The second-order valence-corrected chi connectivity index (χ2v) is 3.57. The van der Waals surface area contributed by atoms with E-state index in [-0.39, 0.29) is 11.3 Å². The normalized spacial score (nSPS) is 28.6. The highest BCUT2D eigenvalue weighted by atomic mass is 16.2. The molecule has 0 spiro atoms. The summed E-state index contributed by atoms with van der Waals surface area (Å²) in [5.41, 5.74) is -0.0422. The van der Waals surface area contributed by atoms with Crippen molar-refractivity contribution >= 4 is 5.91 Å². The summed E-state index contributed by atoms with van der Waals surface area (Å²) in [5, 5.41) is 2.97. The van der Waals surface area contributed by atoms with Crippen LogP contribution in [0.25, 0.3) is 0 Å². The van der Waals surface area contributed by atoms with Crippen LogP contribution in [0.3, 0.4) is 0 Å². The Balaban J connectivity index is 2.76. The number of rotatable bonds is 2. The van der Waals surface area contributed by atoms with Gasteiger partial charge in [-0.2, -0.15) is 0 Å². The maximum atomic E-state index is 11.5. The lowest BCUT2D eigenvalue weighted by Gasteiger charge is -2.21. The van der Waals surface area contributed by atoms with Crippen LogP contribution in [-0.4, -0.2) is 11.9 Å². The van der Waals surface area contributed by atoms with Crippen molar-refractivity contribution in [3.05, 3.63) is 0 Å². The third kappa shape index (κ3) is 1.26. The molecule has 1 N–H and O–H groups in total. The first-order valence-electron chi connectivity index (χ1n) is 4.45. The molecule has 1 heterocycles. The summed E-state index contributed by atoms with van der Waals surface area (Å²) in [6, 6.07) is 0.377. The van der Waals surface area contributed by atoms with E-state index in [0.29, 0.717) is 6.04 Å². The third-order valence-electron chi connectivity index (χ3n) is 2.91. The number of amides is 1. The highest BCUT2D eigenvalue weighted by Crippen LogP contribution is 2.36. The van der Waals surface area contributed by atoms with Crippen molar-refractivity contribution in [3.63, 3.8) is 0 Å². The summed E-state index contributed by atoms with van der Waals surface area (Å²) in [5.74, 6) is 0.259. The second-order valence-electron chi connectivity index (χ2n) is 3.57. The number of carbonyl (C=O) groups is 1. The summed E-state index contributed by atoms with van der Waals surface area (Å²) < 4.78 is 0. The molecule has 0 unspecified atom stereocenters. The van der Waals surface area contributed by atoms with Gasteiger partial charge in [0.2, 0.25) is 5.91 Å². The highest BCUT2D eigenvalue weighted by Gasteiger charge is 2.41. The van der Waals surface area contributed by atoms with Gasteiger partial charge in [0.05, 0.1) is 5.41 Å². The van der Waals surface area contributed by atoms with Gasteiger partial charge in [0, 0.05) is 6.04 Å². The van der Waals surface area contributed by atoms with Crippen molar-refractivity contribution in [1.29, 1.82) is 0 Å². The van der Waals surface area contributed by atoms with Crippen LogP contribution in [0.15, 0.2) is 0 Å². The Kier molecular flexibility index (Phi) is 2.21. The van der Waals surface area contributed by atoms with Gasteiger partial charge in [-0.3, -0.25) is 4.79 Å². The fraction of sp³-hybridized carbons (Fsp3) is 0.889. The average Bonchev–Trinajstić information content (AvgIpc) is 2.27. The van der Waals surface area contributed by atoms with Crippen LogP contribution in [0.4, 0.5) is 0 Å². The quantitative estimate of drug-likeness (QED) is 0.646. The summed E-state index contributed by atoms with van der Waals surface area (Å²) in [7, 11) is 0. The van der Waals surface area contributed by atoms with E-state index < -0.39 is 0 Å². The van der Waals surface area contributed by atoms with E-state index in [2.05, 4.69) is 26.1 Å². The molecule has 1 rings (SSSR count). The van der Waals surface area contributed by atoms with Gasteiger partial charge in [-0.05, 0) is 26.2 Å². The van der Waals surface area contributed by atoms with Crippen LogP contribution < -0.4 is 5.32 Å². The van der Waals surface area contributed by atoms with Gasteiger partial charge in [-0.1, -0.05) is 13.8 Å². The molecule has 0 radical (unpaired) electrons. The Labute approximate surface area is 68.4 Å². The average molecular weight is 155 g/mol. The van der Waals surface area contributed by atoms with Crippen LogP contribution in [0, 0.1) is 5.41 Å². The van der Waals surface area contributed by atoms with E-state index in [1.54, 1.807) is 0 Å². The van der Waals surface area contributed by atoms with Crippen molar-refractivity contribution in [2.75, 3.05) is 0 Å². The van der Waals surface area contributed by atoms with Crippen molar-refractivity contribution in [2.24, 2.45) is 5.41 Å². The van der Waals surface area contributed by atoms with Gasteiger partial charge in [0.15, 0.2) is 0 Å². The summed E-state index contributed by atoms with van der Waals surface area (Å²) in [6.45, 7) is 6.27. The highest BCUT2D eigenvalue weighted by molar-refractivity contribution is 5.85. The van der Waals surface area contributed by atoms with Gasteiger partial charge in [-0.25, -0.2) is 0 Å². The first kappa shape index (κ1) is 8.57. The Morgan fingerprint density at radius 2 is 2.09 bits per heavy atom. The van der Waals surface area contributed by atoms with Gasteiger partial charge < -0.3 is 5.32 Å². The smallest absolute Gasteiger partial charge is 0.226 e. The first-order valence-corrected chi connectivity index (χ1v) is 4.45. The molecule has 1 aliphatic rings. The van der Waals surface area contributed by atoms with Gasteiger partial charge in [0.1, 0.15) is 0 Å². The largest absolute Gasteiger partial charge is 0.353 e. The summed E-state index contributed by atoms with van der Waals surface area (Å²) in [6.07, 6.45) is 2.96. The standard InChI is InChI=1S/C9H17NO/c1-4-9(5-2)6-7(3)10-8(9)11/h7H,4-6H2,1-3H3,(H,10,11)/t7-/m0/s1. The minimum atomic E-state index is -0.0422. The van der Waals surface area contributed by atoms with E-state index in [9.17, 15) is 4.79 Å². The Hall–Kier alpha value is -0.530. The van der Waals surface area contributed by atoms with Crippen LogP contribution in [-0.2, 0) is 4.79 Å². The van der Waals surface area contributed by atoms with Crippen molar-refractivity contribution in [1.82, 2.24) is 5.32 Å². The molecule has 1 atom stereocenters. The molecule has 0 bridgehead atoms. The van der Waals surface area contributed by atoms with Crippen LogP contribution in [0.5, 0.6) is 0 Å². The molecule has 1 saturated heterocycles. The Morgan fingerprint density at radius 3 is 2.27 bits per heavy atom. The monoisotopic (exact) mass is 155 g/mol. The molecule has 0 aromatic rings. The number of hydrogen-bond acceptors (Lipinski definition) is 1. The number of hydrogen-bond donors (Lipinski definition) is 1. The van der Waals surface area contributed by atoms with E-state index in [1.165, 1.54) is 0 Å². The maximum absolute atomic E-state index is 11.5. The fourth-order valence-corrected chi connectivity index (χ4v) is 1.97. The summed E-state index contributed by atoms with van der Waals surface area (Å²) in [4.78, 5) is 11.5. The molecule has 0 aromatic heterocycles. The van der Waals surface area contributed by atoms with Gasteiger partial charge >= 0.3 is 0 Å². The second kappa shape index (κ2) is 2.84. The molecule has 0 aromatic carbocycles. The molecule has 2 heteroatoms. The van der Waals surface area contributed by atoms with E-state index in [1.807, 2.05) is 0 Å². The van der Waals surface area contributed by atoms with Gasteiger partial charge in [-0.15, -0.1) is 0 Å². The zero-order valence-corrected chi connectivity index (χ0v) is 7.61. The lowest BCUT2D eigenvalue weighted by atomic mass is 9.80. The SMILES string of the molecule is CCC1(CC)C[C@H](C)NC1=O. The Morgan fingerprint density at radius 1 is 1.55 bits per heavy atom. The minimum absolute atomic E-state index is 0.0422. The van der Waals surface area contributed by atoms with E-state index in [0.717, 1.165) is 19.3 Å². The molecule has 0 aliphatic carbocycles. The third-order valence-corrected chi connectivity index (χ3v) is 2.91. The topological polar surface area (TPSA) is 29.1 Å². The van der Waals surface area contributed by atoms with Crippen LogP contribution in [0.1, 0.15) is 40.0 Å². The first-order chi connectivity index (χ1) is 5.14. The number of nitrogens with one attached hydrogen (secondary N) is 1. The lowest BCUT2D eigenvalue weighted by molar-refractivity contribution is -0.128. The Bertz CT molecular complexity index is 161. The molecule has 1 amide bonds. The minimum Gasteiger partial charge on any atom is -0.353 e. The number of carbonyl (C=O) groups excluding carboxylic acids is 1. The molecule has 11 heavy (non-hydrogen) atoms. The van der Waals surface area contributed by atoms with E-state index in [4.69, 9.17) is 0 Å². The maximum Gasteiger partial charge on any atom is 0.226 e. The molecule has 2 nitrogen and oxygen atoms in total. The molecule has 0 saturated carbocycles. The van der Waals surface area contributed by atoms with Crippen molar-refractivity contribution in [3.8, 4) is 0 Å². The molecule has 64 valence electrons. The zero-order valence-electron chi connectivity index (χ0n) is 7.61. The molecular formula is C9H17NO. The van der Waals surface area contributed by atoms with Crippen LogP contribution >= 0.6 is 0 Å². The fourth-order valence-electron chi connectivity index (χ4n) is 1.97. The predicted molar refractivity (Wildman–Crippen MR) is 45.2 cm³/mol. The summed E-state index contributed by atoms with van der Waals surface area (Å²) >= 11 is 0. The van der Waals surface area contributed by atoms with Crippen molar-refractivity contribution in [2.45, 2.75) is 46.1 Å². The molecule has 1 aliphatic heterocycles. The lowest BCUT2D eigenvalue weighted by Crippen LogP contribution is -2.30. The van der Waals surface area contributed by atoms with E-state index >= 15 is 0 Å². The predicted octanol–water partition coefficient (Wildman–Crippen LogP) is 1.70. The molecule has 1 fully saturated rings. The van der Waals surface area contributed by atoms with Crippen molar-refractivity contribution < 1.29 is 4.79 Å². The van der Waals surface area contributed by atoms with Crippen LogP contribution in [0.2, 0.25) is 0 Å². The zero-order chi connectivity index (χ0) is 8.48.